The second-order valence-electron chi connectivity index (χ2n) is 6.30. The zero-order chi connectivity index (χ0) is 15.1. The predicted molar refractivity (Wildman–Crippen MR) is 89.7 cm³/mol. The third-order valence-electron chi connectivity index (χ3n) is 4.76. The third kappa shape index (κ3) is 3.87. The van der Waals surface area contributed by atoms with E-state index in [1.807, 2.05) is 0 Å². The maximum Gasteiger partial charge on any atom is 0.0876 e. The van der Waals surface area contributed by atoms with Crippen molar-refractivity contribution < 1.29 is 4.74 Å². The van der Waals surface area contributed by atoms with Gasteiger partial charge in [-0.15, -0.1) is 0 Å². The molecule has 1 aliphatic carbocycles. The summed E-state index contributed by atoms with van der Waals surface area (Å²) < 4.78 is 6.38. The van der Waals surface area contributed by atoms with Crippen LogP contribution in [0.3, 0.4) is 0 Å². The van der Waals surface area contributed by atoms with Crippen molar-refractivity contribution in [3.8, 4) is 0 Å². The summed E-state index contributed by atoms with van der Waals surface area (Å²) >= 11 is 0. The summed E-state index contributed by atoms with van der Waals surface area (Å²) in [5, 5.41) is 3.80. The highest BCUT2D eigenvalue weighted by Gasteiger charge is 2.41. The van der Waals surface area contributed by atoms with E-state index in [4.69, 9.17) is 4.74 Å². The lowest BCUT2D eigenvalue weighted by Gasteiger charge is -2.44. The van der Waals surface area contributed by atoms with Crippen molar-refractivity contribution in [1.82, 2.24) is 5.32 Å². The maximum absolute atomic E-state index is 6.38. The molecule has 0 heterocycles. The lowest BCUT2D eigenvalue weighted by Crippen LogP contribution is -2.48. The summed E-state index contributed by atoms with van der Waals surface area (Å²) in [6.45, 7) is 8.43. The molecule has 0 bridgehead atoms. The smallest absolute Gasteiger partial charge is 0.0876 e. The van der Waals surface area contributed by atoms with Crippen LogP contribution in [0.4, 0.5) is 0 Å². The molecule has 1 aliphatic rings. The summed E-state index contributed by atoms with van der Waals surface area (Å²) in [6.07, 6.45) is 7.44. The Kier molecular flexibility index (Phi) is 6.25. The fourth-order valence-corrected chi connectivity index (χ4v) is 3.73. The van der Waals surface area contributed by atoms with Gasteiger partial charge in [-0.1, -0.05) is 50.5 Å². The molecule has 1 saturated carbocycles. The number of hydrogen-bond donors (Lipinski definition) is 1. The van der Waals surface area contributed by atoms with Gasteiger partial charge < -0.3 is 10.1 Å². The van der Waals surface area contributed by atoms with E-state index < -0.39 is 0 Å². The fraction of sp³-hybridized carbons (Fsp3) is 0.684. The monoisotopic (exact) mass is 289 g/mol. The van der Waals surface area contributed by atoms with Crippen LogP contribution in [-0.2, 0) is 4.74 Å². The lowest BCUT2D eigenvalue weighted by molar-refractivity contribution is -0.0913. The Morgan fingerprint density at radius 2 is 1.86 bits per heavy atom. The van der Waals surface area contributed by atoms with Gasteiger partial charge in [0.1, 0.15) is 0 Å². The van der Waals surface area contributed by atoms with Crippen molar-refractivity contribution in [3.63, 3.8) is 0 Å². The number of nitrogens with one attached hydrogen (secondary N) is 1. The van der Waals surface area contributed by atoms with E-state index in [0.29, 0.717) is 6.04 Å². The predicted octanol–water partition coefficient (Wildman–Crippen LogP) is 4.78. The topological polar surface area (TPSA) is 21.3 Å². The molecule has 0 saturated heterocycles. The first-order valence-electron chi connectivity index (χ1n) is 8.66. The molecule has 118 valence electrons. The lowest BCUT2D eigenvalue weighted by atomic mass is 9.75. The zero-order valence-corrected chi connectivity index (χ0v) is 14.0. The molecule has 1 aromatic rings. The average molecular weight is 289 g/mol. The van der Waals surface area contributed by atoms with Crippen LogP contribution in [0.25, 0.3) is 0 Å². The Bertz CT molecular complexity index is 418. The molecule has 0 aliphatic heterocycles. The van der Waals surface area contributed by atoms with Crippen LogP contribution in [-0.4, -0.2) is 18.8 Å². The van der Waals surface area contributed by atoms with Crippen LogP contribution >= 0.6 is 0 Å². The molecule has 1 fully saturated rings. The molecule has 0 spiro atoms. The molecule has 1 N–H and O–H groups in total. The minimum Gasteiger partial charge on any atom is -0.373 e. The maximum atomic E-state index is 6.38. The highest BCUT2D eigenvalue weighted by Crippen LogP contribution is 2.42. The Morgan fingerprint density at radius 3 is 2.48 bits per heavy atom. The van der Waals surface area contributed by atoms with Crippen molar-refractivity contribution in [2.45, 2.75) is 70.9 Å². The van der Waals surface area contributed by atoms with Crippen LogP contribution in [0.1, 0.15) is 69.5 Å². The van der Waals surface area contributed by atoms with Crippen LogP contribution < -0.4 is 5.32 Å². The Labute approximate surface area is 130 Å². The summed E-state index contributed by atoms with van der Waals surface area (Å²) in [4.78, 5) is 0. The van der Waals surface area contributed by atoms with Crippen LogP contribution in [0.5, 0.6) is 0 Å². The summed E-state index contributed by atoms with van der Waals surface area (Å²) in [5.41, 5.74) is 2.77. The summed E-state index contributed by atoms with van der Waals surface area (Å²) in [5.74, 6) is 0. The molecule has 2 heteroatoms. The second-order valence-corrected chi connectivity index (χ2v) is 6.30. The Morgan fingerprint density at radius 1 is 1.14 bits per heavy atom. The number of benzene rings is 1. The van der Waals surface area contributed by atoms with Gasteiger partial charge in [0.15, 0.2) is 0 Å². The van der Waals surface area contributed by atoms with E-state index in [-0.39, 0.29) is 5.60 Å². The number of rotatable bonds is 7. The first kappa shape index (κ1) is 16.5. The summed E-state index contributed by atoms with van der Waals surface area (Å²) in [7, 11) is 0. The van der Waals surface area contributed by atoms with Crippen molar-refractivity contribution >= 4 is 0 Å². The molecular formula is C19H31NO. The van der Waals surface area contributed by atoms with E-state index >= 15 is 0 Å². The molecule has 0 aromatic heterocycles. The van der Waals surface area contributed by atoms with E-state index in [1.165, 1.54) is 43.2 Å². The molecule has 1 aromatic carbocycles. The van der Waals surface area contributed by atoms with E-state index in [0.717, 1.165) is 19.6 Å². The average Bonchev–Trinajstić information content (AvgIpc) is 2.50. The van der Waals surface area contributed by atoms with Gasteiger partial charge in [0.2, 0.25) is 0 Å². The first-order chi connectivity index (χ1) is 10.2. The van der Waals surface area contributed by atoms with Crippen molar-refractivity contribution in [1.29, 1.82) is 0 Å². The minimum atomic E-state index is -0.0196. The molecule has 2 nitrogen and oxygen atoms in total. The van der Waals surface area contributed by atoms with Crippen molar-refractivity contribution in [2.75, 3.05) is 13.2 Å². The van der Waals surface area contributed by atoms with E-state index in [1.54, 1.807) is 0 Å². The number of hydrogen-bond acceptors (Lipinski definition) is 2. The Hall–Kier alpha value is -0.860. The van der Waals surface area contributed by atoms with Gasteiger partial charge in [-0.05, 0) is 50.8 Å². The van der Waals surface area contributed by atoms with Gasteiger partial charge >= 0.3 is 0 Å². The standard InChI is InChI=1S/C19H31NO/c1-4-15-20-18(17-12-8-7-11-16(17)3)19(21-5-2)13-9-6-10-14-19/h7-8,11-12,18,20H,4-6,9-10,13-15H2,1-3H3. The van der Waals surface area contributed by atoms with Crippen LogP contribution in [0.2, 0.25) is 0 Å². The van der Waals surface area contributed by atoms with Crippen molar-refractivity contribution in [2.24, 2.45) is 0 Å². The van der Waals surface area contributed by atoms with Crippen LogP contribution in [0, 0.1) is 6.92 Å². The number of aryl methyl sites for hydroxylation is 1. The van der Waals surface area contributed by atoms with Gasteiger partial charge in [-0.25, -0.2) is 0 Å². The van der Waals surface area contributed by atoms with Gasteiger partial charge in [-0.3, -0.25) is 0 Å². The fourth-order valence-electron chi connectivity index (χ4n) is 3.73. The molecule has 21 heavy (non-hydrogen) atoms. The third-order valence-corrected chi connectivity index (χ3v) is 4.76. The quantitative estimate of drug-likeness (QED) is 0.780. The molecular weight excluding hydrogens is 258 g/mol. The second kappa shape index (κ2) is 7.95. The van der Waals surface area contributed by atoms with E-state index in [9.17, 15) is 0 Å². The van der Waals surface area contributed by atoms with E-state index in [2.05, 4.69) is 50.4 Å². The Balaban J connectivity index is 2.34. The molecule has 1 atom stereocenters. The zero-order valence-electron chi connectivity index (χ0n) is 14.0. The SMILES string of the molecule is CCCNC(c1ccccc1C)C1(OCC)CCCCC1. The van der Waals surface area contributed by atoms with Crippen LogP contribution in [0.15, 0.2) is 24.3 Å². The van der Waals surface area contributed by atoms with Gasteiger partial charge in [0, 0.05) is 6.61 Å². The van der Waals surface area contributed by atoms with Gasteiger partial charge in [-0.2, -0.15) is 0 Å². The largest absolute Gasteiger partial charge is 0.373 e. The minimum absolute atomic E-state index is 0.0196. The number of ether oxygens (including phenoxy) is 1. The molecule has 2 rings (SSSR count). The van der Waals surface area contributed by atoms with Gasteiger partial charge in [0.25, 0.3) is 0 Å². The molecule has 1 unspecified atom stereocenters. The molecule has 0 radical (unpaired) electrons. The summed E-state index contributed by atoms with van der Waals surface area (Å²) in [6, 6.07) is 9.10. The normalized spacial score (nSPS) is 19.4. The highest BCUT2D eigenvalue weighted by atomic mass is 16.5. The molecule has 0 amide bonds. The van der Waals surface area contributed by atoms with Crippen molar-refractivity contribution in [3.05, 3.63) is 35.4 Å². The first-order valence-corrected chi connectivity index (χ1v) is 8.66. The van der Waals surface area contributed by atoms with Gasteiger partial charge in [0.05, 0.1) is 11.6 Å². The highest BCUT2D eigenvalue weighted by molar-refractivity contribution is 5.31.